The van der Waals surface area contributed by atoms with Crippen molar-refractivity contribution in [2.45, 2.75) is 26.4 Å². The van der Waals surface area contributed by atoms with Crippen LogP contribution in [0.4, 0.5) is 14.9 Å². The molecule has 192 valence electrons. The Hall–Kier alpha value is -4.14. The molecule has 0 atom stereocenters. The average molecular weight is 506 g/mol. The zero-order chi connectivity index (χ0) is 26.3. The van der Waals surface area contributed by atoms with Gasteiger partial charge in [-0.1, -0.05) is 12.1 Å². The molecular formula is C28H28FN3O5. The number of carbonyl (C=O) groups excluding carboxylic acids is 3. The van der Waals surface area contributed by atoms with E-state index in [1.54, 1.807) is 34.9 Å². The van der Waals surface area contributed by atoms with Gasteiger partial charge in [0.15, 0.2) is 0 Å². The number of hydrogen-bond acceptors (Lipinski definition) is 5. The molecule has 3 aliphatic rings. The molecule has 0 aliphatic carbocycles. The summed E-state index contributed by atoms with van der Waals surface area (Å²) >= 11 is 0. The van der Waals surface area contributed by atoms with Crippen LogP contribution in [-0.4, -0.2) is 66.1 Å². The van der Waals surface area contributed by atoms with Crippen LogP contribution in [0.15, 0.2) is 54.3 Å². The van der Waals surface area contributed by atoms with Crippen LogP contribution in [-0.2, 0) is 14.3 Å². The lowest BCUT2D eigenvalue weighted by Gasteiger charge is -2.34. The summed E-state index contributed by atoms with van der Waals surface area (Å²) in [4.78, 5) is 41.0. The topological polar surface area (TPSA) is 88.2 Å². The summed E-state index contributed by atoms with van der Waals surface area (Å²) < 4.78 is 24.9. The van der Waals surface area contributed by atoms with Gasteiger partial charge < -0.3 is 24.6 Å². The number of nitrogens with one attached hydrogen (secondary N) is 1. The van der Waals surface area contributed by atoms with Gasteiger partial charge in [0.25, 0.3) is 11.8 Å². The number of rotatable bonds is 3. The molecular weight excluding hydrogens is 477 g/mol. The van der Waals surface area contributed by atoms with Crippen LogP contribution >= 0.6 is 0 Å². The summed E-state index contributed by atoms with van der Waals surface area (Å²) in [5.74, 6) is -0.444. The molecule has 0 saturated carbocycles. The molecule has 1 fully saturated rings. The van der Waals surface area contributed by atoms with Gasteiger partial charge in [-0.05, 0) is 62.7 Å². The van der Waals surface area contributed by atoms with Crippen LogP contribution in [0.3, 0.4) is 0 Å². The molecule has 9 heteroatoms. The van der Waals surface area contributed by atoms with E-state index >= 15 is 0 Å². The van der Waals surface area contributed by atoms with E-state index in [0.717, 1.165) is 11.1 Å². The van der Waals surface area contributed by atoms with Gasteiger partial charge in [0, 0.05) is 42.9 Å². The summed E-state index contributed by atoms with van der Waals surface area (Å²) in [6, 6.07) is 11.5. The van der Waals surface area contributed by atoms with E-state index < -0.39 is 11.4 Å². The average Bonchev–Trinajstić information content (AvgIpc) is 3.37. The predicted octanol–water partition coefficient (Wildman–Crippen LogP) is 4.30. The molecule has 0 spiro atoms. The molecule has 1 N–H and O–H groups in total. The van der Waals surface area contributed by atoms with Crippen molar-refractivity contribution >= 4 is 34.7 Å². The largest absolute Gasteiger partial charge is 0.482 e. The van der Waals surface area contributed by atoms with Crippen molar-refractivity contribution < 1.29 is 28.2 Å². The summed E-state index contributed by atoms with van der Waals surface area (Å²) in [7, 11) is 0. The van der Waals surface area contributed by atoms with Crippen molar-refractivity contribution in [3.05, 3.63) is 76.8 Å². The maximum absolute atomic E-state index is 13.6. The smallest absolute Gasteiger partial charge is 0.409 e. The molecule has 0 bridgehead atoms. The number of hydrogen-bond donors (Lipinski definition) is 1. The highest BCUT2D eigenvalue weighted by Crippen LogP contribution is 2.44. The maximum Gasteiger partial charge on any atom is 0.409 e. The van der Waals surface area contributed by atoms with Gasteiger partial charge in [-0.3, -0.25) is 9.59 Å². The van der Waals surface area contributed by atoms with Gasteiger partial charge in [0.2, 0.25) is 0 Å². The fourth-order valence-electron chi connectivity index (χ4n) is 4.89. The van der Waals surface area contributed by atoms with E-state index in [2.05, 4.69) is 5.32 Å². The number of piperazine rings is 1. The van der Waals surface area contributed by atoms with Crippen molar-refractivity contribution in [3.63, 3.8) is 0 Å². The third-order valence-electron chi connectivity index (χ3n) is 6.80. The Morgan fingerprint density at radius 2 is 1.73 bits per heavy atom. The van der Waals surface area contributed by atoms with Gasteiger partial charge >= 0.3 is 6.09 Å². The van der Waals surface area contributed by atoms with E-state index in [1.807, 2.05) is 32.1 Å². The number of allylic oxidation sites excluding steroid dienone is 1. The SMILES string of the molecule is CCOC(=O)N1CCN(C(=O)c2ccc(C3=C/C(=C4\C(=O)Nc5cc(F)ccc54)OC3(C)C)cc2)CC1. The lowest BCUT2D eigenvalue weighted by molar-refractivity contribution is -0.111. The number of anilines is 1. The Bertz CT molecular complexity index is 1340. The van der Waals surface area contributed by atoms with Gasteiger partial charge in [-0.25, -0.2) is 9.18 Å². The number of ether oxygens (including phenoxy) is 2. The van der Waals surface area contributed by atoms with E-state index in [9.17, 15) is 18.8 Å². The van der Waals surface area contributed by atoms with Crippen molar-refractivity contribution in [1.29, 1.82) is 0 Å². The number of halogens is 1. The first-order chi connectivity index (χ1) is 17.7. The highest BCUT2D eigenvalue weighted by molar-refractivity contribution is 6.32. The number of amides is 3. The molecule has 3 aliphatic heterocycles. The van der Waals surface area contributed by atoms with E-state index in [0.29, 0.717) is 60.9 Å². The van der Waals surface area contributed by atoms with Crippen LogP contribution in [0, 0.1) is 5.82 Å². The summed E-state index contributed by atoms with van der Waals surface area (Å²) in [6.45, 7) is 7.65. The van der Waals surface area contributed by atoms with E-state index in [1.165, 1.54) is 12.1 Å². The minimum absolute atomic E-state index is 0.0970. The first-order valence-corrected chi connectivity index (χ1v) is 12.3. The van der Waals surface area contributed by atoms with Crippen molar-refractivity contribution in [3.8, 4) is 0 Å². The second kappa shape index (κ2) is 9.38. The van der Waals surface area contributed by atoms with Crippen molar-refractivity contribution in [1.82, 2.24) is 9.80 Å². The first kappa shape index (κ1) is 24.5. The van der Waals surface area contributed by atoms with Crippen molar-refractivity contribution in [2.75, 3.05) is 38.1 Å². The molecule has 3 amide bonds. The summed E-state index contributed by atoms with van der Waals surface area (Å²) in [5.41, 5.74) is 2.94. The first-order valence-electron chi connectivity index (χ1n) is 12.3. The highest BCUT2D eigenvalue weighted by atomic mass is 19.1. The Kier molecular flexibility index (Phi) is 6.23. The fourth-order valence-corrected chi connectivity index (χ4v) is 4.89. The standard InChI is InChI=1S/C28H28FN3O5/c1-4-36-27(35)32-13-11-31(12-14-32)26(34)18-7-5-17(6-8-18)21-16-23(37-28(21,2)3)24-20-10-9-19(29)15-22(20)30-25(24)33/h5-10,15-16H,4,11-14H2,1-3H3,(H,30,33)/b24-23+. The second-order valence-electron chi connectivity index (χ2n) is 9.61. The van der Waals surface area contributed by atoms with Crippen molar-refractivity contribution in [2.24, 2.45) is 0 Å². The third kappa shape index (κ3) is 4.57. The highest BCUT2D eigenvalue weighted by Gasteiger charge is 2.38. The molecule has 0 radical (unpaired) electrons. The Balaban J connectivity index is 1.35. The minimum Gasteiger partial charge on any atom is -0.482 e. The molecule has 5 rings (SSSR count). The lowest BCUT2D eigenvalue weighted by atomic mass is 9.91. The molecule has 8 nitrogen and oxygen atoms in total. The molecule has 2 aromatic carbocycles. The Morgan fingerprint density at radius 1 is 1.05 bits per heavy atom. The fraction of sp³-hybridized carbons (Fsp3) is 0.321. The second-order valence-corrected chi connectivity index (χ2v) is 9.61. The normalized spacial score (nSPS) is 20.2. The predicted molar refractivity (Wildman–Crippen MR) is 136 cm³/mol. The van der Waals surface area contributed by atoms with Gasteiger partial charge in [0.05, 0.1) is 17.9 Å². The molecule has 0 unspecified atom stereocenters. The molecule has 2 aromatic rings. The number of nitrogens with zero attached hydrogens (tertiary/aromatic N) is 2. The van der Waals surface area contributed by atoms with Crippen LogP contribution in [0.5, 0.6) is 0 Å². The number of benzene rings is 2. The third-order valence-corrected chi connectivity index (χ3v) is 6.80. The maximum atomic E-state index is 13.6. The zero-order valence-corrected chi connectivity index (χ0v) is 21.0. The van der Waals surface area contributed by atoms with Gasteiger partial charge in [0.1, 0.15) is 17.2 Å². The Morgan fingerprint density at radius 3 is 2.41 bits per heavy atom. The minimum atomic E-state index is -0.722. The lowest BCUT2D eigenvalue weighted by Crippen LogP contribution is -2.50. The summed E-state index contributed by atoms with van der Waals surface area (Å²) in [6.07, 6.45) is 1.48. The van der Waals surface area contributed by atoms with Crippen LogP contribution < -0.4 is 5.32 Å². The molecule has 1 saturated heterocycles. The van der Waals surface area contributed by atoms with Crippen LogP contribution in [0.25, 0.3) is 11.1 Å². The number of fused-ring (bicyclic) bond motifs is 1. The van der Waals surface area contributed by atoms with Gasteiger partial charge in [-0.2, -0.15) is 0 Å². The van der Waals surface area contributed by atoms with Crippen LogP contribution in [0.2, 0.25) is 0 Å². The molecule has 37 heavy (non-hydrogen) atoms. The zero-order valence-electron chi connectivity index (χ0n) is 21.0. The van der Waals surface area contributed by atoms with Gasteiger partial charge in [-0.15, -0.1) is 0 Å². The van der Waals surface area contributed by atoms with E-state index in [4.69, 9.17) is 9.47 Å². The Labute approximate surface area is 214 Å². The summed E-state index contributed by atoms with van der Waals surface area (Å²) in [5, 5.41) is 2.70. The van der Waals surface area contributed by atoms with E-state index in [-0.39, 0.29) is 17.9 Å². The molecule has 3 heterocycles. The van der Waals surface area contributed by atoms with Crippen LogP contribution in [0.1, 0.15) is 42.3 Å². The number of carbonyl (C=O) groups is 3. The molecule has 0 aromatic heterocycles. The monoisotopic (exact) mass is 505 g/mol. The quantitative estimate of drug-likeness (QED) is 0.629.